The van der Waals surface area contributed by atoms with E-state index in [0.29, 0.717) is 13.2 Å². The van der Waals surface area contributed by atoms with Crippen molar-refractivity contribution in [1.82, 2.24) is 0 Å². The number of aromatic hydroxyl groups is 1. The second-order valence-electron chi connectivity index (χ2n) is 5.51. The van der Waals surface area contributed by atoms with Gasteiger partial charge in [-0.05, 0) is 47.5 Å². The molecule has 0 heterocycles. The predicted octanol–water partition coefficient (Wildman–Crippen LogP) is 4.95. The maximum absolute atomic E-state index is 9.38. The smallest absolute Gasteiger partial charge is 0.124 e. The zero-order valence-electron chi connectivity index (χ0n) is 13.3. The number of phenolic OH excluding ortho intramolecular Hbond substituents is 1. The molecule has 0 spiro atoms. The molecule has 0 radical (unpaired) electrons. The number of hydrogen-bond acceptors (Lipinski definition) is 3. The average molecular weight is 307 g/mol. The zero-order valence-corrected chi connectivity index (χ0v) is 13.3. The Morgan fingerprint density at radius 1 is 0.957 bits per heavy atom. The lowest BCUT2D eigenvalue weighted by Crippen LogP contribution is -2.05. The highest BCUT2D eigenvalue weighted by molar-refractivity contribution is 5.88. The Bertz CT molecular complexity index is 781. The predicted molar refractivity (Wildman–Crippen MR) is 95.2 cm³/mol. The summed E-state index contributed by atoms with van der Waals surface area (Å²) in [5.41, 5.74) is 2.13. The van der Waals surface area contributed by atoms with E-state index in [2.05, 4.69) is 36.5 Å². The molecular formula is C20H21NO2. The van der Waals surface area contributed by atoms with Crippen LogP contribution in [-0.4, -0.2) is 11.7 Å². The lowest BCUT2D eigenvalue weighted by Gasteiger charge is -2.15. The van der Waals surface area contributed by atoms with Crippen LogP contribution < -0.4 is 10.1 Å². The molecule has 3 aromatic carbocycles. The number of anilines is 1. The minimum absolute atomic E-state index is 0.271. The minimum Gasteiger partial charge on any atom is -0.508 e. The van der Waals surface area contributed by atoms with Crippen LogP contribution in [0.5, 0.6) is 11.5 Å². The molecule has 0 aliphatic carbocycles. The van der Waals surface area contributed by atoms with Crippen LogP contribution in [0, 0.1) is 0 Å². The highest BCUT2D eigenvalue weighted by atomic mass is 16.5. The third kappa shape index (κ3) is 3.57. The van der Waals surface area contributed by atoms with Crippen molar-refractivity contribution in [2.75, 3.05) is 11.9 Å². The first-order valence-corrected chi connectivity index (χ1v) is 7.94. The van der Waals surface area contributed by atoms with E-state index >= 15 is 0 Å². The van der Waals surface area contributed by atoms with Gasteiger partial charge in [-0.3, -0.25) is 0 Å². The van der Waals surface area contributed by atoms with Crippen molar-refractivity contribution in [2.24, 2.45) is 0 Å². The standard InChI is InChI=1S/C20H21NO2/c1-2-13-23-20-12-7-15-5-3-4-6-18(15)19(20)14-21-16-8-10-17(22)11-9-16/h3-12,21-22H,2,13-14H2,1H3. The lowest BCUT2D eigenvalue weighted by molar-refractivity contribution is 0.315. The van der Waals surface area contributed by atoms with E-state index in [1.165, 1.54) is 10.8 Å². The Morgan fingerprint density at radius 2 is 1.74 bits per heavy atom. The van der Waals surface area contributed by atoms with Gasteiger partial charge in [0.15, 0.2) is 0 Å². The van der Waals surface area contributed by atoms with Crippen LogP contribution in [0.4, 0.5) is 5.69 Å². The Balaban J connectivity index is 1.90. The number of phenols is 1. The van der Waals surface area contributed by atoms with Crippen molar-refractivity contribution in [3.63, 3.8) is 0 Å². The Morgan fingerprint density at radius 3 is 2.52 bits per heavy atom. The highest BCUT2D eigenvalue weighted by Gasteiger charge is 2.09. The summed E-state index contributed by atoms with van der Waals surface area (Å²) >= 11 is 0. The molecule has 118 valence electrons. The zero-order chi connectivity index (χ0) is 16.1. The number of ether oxygens (including phenoxy) is 1. The third-order valence-electron chi connectivity index (χ3n) is 3.80. The molecule has 0 fully saturated rings. The fraction of sp³-hybridized carbons (Fsp3) is 0.200. The Labute approximate surface area is 136 Å². The maximum atomic E-state index is 9.38. The van der Waals surface area contributed by atoms with E-state index in [0.717, 1.165) is 23.4 Å². The normalized spacial score (nSPS) is 10.7. The largest absolute Gasteiger partial charge is 0.508 e. The van der Waals surface area contributed by atoms with Gasteiger partial charge >= 0.3 is 0 Å². The number of fused-ring (bicyclic) bond motifs is 1. The fourth-order valence-corrected chi connectivity index (χ4v) is 2.62. The van der Waals surface area contributed by atoms with Gasteiger partial charge in [-0.1, -0.05) is 37.3 Å². The molecular weight excluding hydrogens is 286 g/mol. The number of hydrogen-bond donors (Lipinski definition) is 2. The van der Waals surface area contributed by atoms with Crippen LogP contribution in [-0.2, 0) is 6.54 Å². The molecule has 0 amide bonds. The molecule has 0 aliphatic rings. The Kier molecular flexibility index (Phi) is 4.67. The quantitative estimate of drug-likeness (QED) is 0.633. The number of benzene rings is 3. The van der Waals surface area contributed by atoms with E-state index < -0.39 is 0 Å². The first-order chi connectivity index (χ1) is 11.3. The van der Waals surface area contributed by atoms with Gasteiger partial charge in [0.2, 0.25) is 0 Å². The summed E-state index contributed by atoms with van der Waals surface area (Å²) in [5, 5.41) is 15.2. The van der Waals surface area contributed by atoms with Gasteiger partial charge in [0.05, 0.1) is 6.61 Å². The van der Waals surface area contributed by atoms with Crippen LogP contribution in [0.2, 0.25) is 0 Å². The number of nitrogens with one attached hydrogen (secondary N) is 1. The summed E-state index contributed by atoms with van der Waals surface area (Å²) in [6, 6.07) is 19.6. The summed E-state index contributed by atoms with van der Waals surface area (Å²) in [4.78, 5) is 0. The van der Waals surface area contributed by atoms with Crippen molar-refractivity contribution in [3.8, 4) is 11.5 Å². The van der Waals surface area contributed by atoms with E-state index in [4.69, 9.17) is 4.74 Å². The van der Waals surface area contributed by atoms with Crippen LogP contribution in [0.15, 0.2) is 60.7 Å². The first-order valence-electron chi connectivity index (χ1n) is 7.94. The van der Waals surface area contributed by atoms with Crippen LogP contribution in [0.3, 0.4) is 0 Å². The molecule has 0 saturated carbocycles. The molecule has 23 heavy (non-hydrogen) atoms. The molecule has 0 aromatic heterocycles. The van der Waals surface area contributed by atoms with Gasteiger partial charge in [0, 0.05) is 17.8 Å². The van der Waals surface area contributed by atoms with Crippen molar-refractivity contribution < 1.29 is 9.84 Å². The summed E-state index contributed by atoms with van der Waals surface area (Å²) < 4.78 is 5.92. The molecule has 3 heteroatoms. The molecule has 0 saturated heterocycles. The van der Waals surface area contributed by atoms with Gasteiger partial charge in [0.25, 0.3) is 0 Å². The van der Waals surface area contributed by atoms with E-state index in [-0.39, 0.29) is 5.75 Å². The van der Waals surface area contributed by atoms with Gasteiger partial charge in [-0.15, -0.1) is 0 Å². The van der Waals surface area contributed by atoms with Crippen LogP contribution in [0.1, 0.15) is 18.9 Å². The topological polar surface area (TPSA) is 41.5 Å². The van der Waals surface area contributed by atoms with Gasteiger partial charge in [-0.25, -0.2) is 0 Å². The van der Waals surface area contributed by atoms with Crippen molar-refractivity contribution in [3.05, 3.63) is 66.2 Å². The SMILES string of the molecule is CCCOc1ccc2ccccc2c1CNc1ccc(O)cc1. The third-order valence-corrected chi connectivity index (χ3v) is 3.80. The summed E-state index contributed by atoms with van der Waals surface area (Å²) in [5.74, 6) is 1.20. The monoisotopic (exact) mass is 307 g/mol. The molecule has 0 bridgehead atoms. The summed E-state index contributed by atoms with van der Waals surface area (Å²) in [7, 11) is 0. The van der Waals surface area contributed by atoms with E-state index in [1.54, 1.807) is 12.1 Å². The van der Waals surface area contributed by atoms with Crippen LogP contribution in [0.25, 0.3) is 10.8 Å². The van der Waals surface area contributed by atoms with Gasteiger partial charge in [-0.2, -0.15) is 0 Å². The molecule has 2 N–H and O–H groups in total. The highest BCUT2D eigenvalue weighted by Crippen LogP contribution is 2.29. The molecule has 3 nitrogen and oxygen atoms in total. The fourth-order valence-electron chi connectivity index (χ4n) is 2.62. The number of rotatable bonds is 6. The van der Waals surface area contributed by atoms with Gasteiger partial charge in [0.1, 0.15) is 11.5 Å². The summed E-state index contributed by atoms with van der Waals surface area (Å²) in [6.45, 7) is 3.49. The summed E-state index contributed by atoms with van der Waals surface area (Å²) in [6.07, 6.45) is 0.984. The first kappa shape index (κ1) is 15.2. The van der Waals surface area contributed by atoms with E-state index in [1.807, 2.05) is 24.3 Å². The Hall–Kier alpha value is -2.68. The second kappa shape index (κ2) is 7.05. The lowest BCUT2D eigenvalue weighted by atomic mass is 10.0. The molecule has 0 unspecified atom stereocenters. The van der Waals surface area contributed by atoms with Crippen LogP contribution >= 0.6 is 0 Å². The molecule has 3 rings (SSSR count). The maximum Gasteiger partial charge on any atom is 0.124 e. The van der Waals surface area contributed by atoms with Crippen molar-refractivity contribution >= 4 is 16.5 Å². The molecule has 0 atom stereocenters. The van der Waals surface area contributed by atoms with Crippen molar-refractivity contribution in [1.29, 1.82) is 0 Å². The molecule has 0 aliphatic heterocycles. The van der Waals surface area contributed by atoms with E-state index in [9.17, 15) is 5.11 Å². The second-order valence-corrected chi connectivity index (χ2v) is 5.51. The minimum atomic E-state index is 0.271. The molecule has 3 aromatic rings. The van der Waals surface area contributed by atoms with Crippen molar-refractivity contribution in [2.45, 2.75) is 19.9 Å². The van der Waals surface area contributed by atoms with Gasteiger partial charge < -0.3 is 15.2 Å². The average Bonchev–Trinajstić information content (AvgIpc) is 2.59.